The first-order valence-corrected chi connectivity index (χ1v) is 9.54. The number of nitrogens with one attached hydrogen (secondary N) is 2. The molecule has 0 spiro atoms. The van der Waals surface area contributed by atoms with Crippen LogP contribution in [0, 0.1) is 5.92 Å². The van der Waals surface area contributed by atoms with Crippen molar-refractivity contribution < 1.29 is 9.90 Å². The normalized spacial score (nSPS) is 16.6. The predicted octanol–water partition coefficient (Wildman–Crippen LogP) is 2.88. The van der Waals surface area contributed by atoms with Crippen molar-refractivity contribution >= 4 is 6.03 Å². The summed E-state index contributed by atoms with van der Waals surface area (Å²) in [4.78, 5) is 14.3. The van der Waals surface area contributed by atoms with Crippen LogP contribution in [0.5, 0.6) is 0 Å². The van der Waals surface area contributed by atoms with Crippen molar-refractivity contribution in [3.8, 4) is 0 Å². The summed E-state index contributed by atoms with van der Waals surface area (Å²) >= 11 is 0. The van der Waals surface area contributed by atoms with Gasteiger partial charge in [-0.1, -0.05) is 44.5 Å². The van der Waals surface area contributed by atoms with E-state index in [1.807, 2.05) is 13.8 Å². The van der Waals surface area contributed by atoms with E-state index >= 15 is 0 Å². The zero-order valence-electron chi connectivity index (χ0n) is 15.6. The molecule has 1 aromatic rings. The molecule has 140 valence electrons. The highest BCUT2D eigenvalue weighted by molar-refractivity contribution is 5.73. The molecule has 1 atom stereocenters. The highest BCUT2D eigenvalue weighted by Crippen LogP contribution is 2.13. The second kappa shape index (κ2) is 10.4. The summed E-state index contributed by atoms with van der Waals surface area (Å²) in [6, 6.07) is 8.29. The minimum absolute atomic E-state index is 0.187. The highest BCUT2D eigenvalue weighted by Gasteiger charge is 2.11. The summed E-state index contributed by atoms with van der Waals surface area (Å²) in [7, 11) is 0. The molecule has 0 aliphatic carbocycles. The van der Waals surface area contributed by atoms with Gasteiger partial charge in [-0.3, -0.25) is 4.90 Å². The SMILES string of the molecule is CC(C)C(O)CCNC(=O)NCc1ccc(CN2CCCCC2)cc1. The third-order valence-electron chi connectivity index (χ3n) is 4.83. The van der Waals surface area contributed by atoms with Gasteiger partial charge in [0.05, 0.1) is 6.10 Å². The Hall–Kier alpha value is -1.59. The molecule has 5 nitrogen and oxygen atoms in total. The summed E-state index contributed by atoms with van der Waals surface area (Å²) < 4.78 is 0. The Kier molecular flexibility index (Phi) is 8.22. The lowest BCUT2D eigenvalue weighted by atomic mass is 10.0. The van der Waals surface area contributed by atoms with Gasteiger partial charge in [-0.2, -0.15) is 0 Å². The first kappa shape index (κ1) is 19.7. The smallest absolute Gasteiger partial charge is 0.315 e. The molecule has 0 bridgehead atoms. The minimum atomic E-state index is -0.368. The molecular weight excluding hydrogens is 314 g/mol. The van der Waals surface area contributed by atoms with Gasteiger partial charge in [0.1, 0.15) is 0 Å². The summed E-state index contributed by atoms with van der Waals surface area (Å²) in [5.41, 5.74) is 2.43. The number of amides is 2. The third kappa shape index (κ3) is 7.45. The molecule has 1 aromatic carbocycles. The largest absolute Gasteiger partial charge is 0.393 e. The molecular formula is C20H33N3O2. The van der Waals surface area contributed by atoms with Gasteiger partial charge in [0.25, 0.3) is 0 Å². The van der Waals surface area contributed by atoms with Crippen LogP contribution in [0.15, 0.2) is 24.3 Å². The number of nitrogens with zero attached hydrogens (tertiary/aromatic N) is 1. The fourth-order valence-corrected chi connectivity index (χ4v) is 3.05. The molecule has 0 saturated carbocycles. The van der Waals surface area contributed by atoms with Gasteiger partial charge in [0, 0.05) is 19.6 Å². The van der Waals surface area contributed by atoms with E-state index < -0.39 is 0 Å². The maximum Gasteiger partial charge on any atom is 0.315 e. The molecule has 25 heavy (non-hydrogen) atoms. The van der Waals surface area contributed by atoms with Gasteiger partial charge in [0.15, 0.2) is 0 Å². The number of carbonyl (C=O) groups is 1. The number of likely N-dealkylation sites (tertiary alicyclic amines) is 1. The van der Waals surface area contributed by atoms with Crippen LogP contribution in [0.1, 0.15) is 50.7 Å². The van der Waals surface area contributed by atoms with Gasteiger partial charge in [0.2, 0.25) is 0 Å². The third-order valence-corrected chi connectivity index (χ3v) is 4.83. The fraction of sp³-hybridized carbons (Fsp3) is 0.650. The highest BCUT2D eigenvalue weighted by atomic mass is 16.3. The Balaban J connectivity index is 1.65. The number of carbonyl (C=O) groups excluding carboxylic acids is 1. The molecule has 1 fully saturated rings. The van der Waals surface area contributed by atoms with E-state index in [4.69, 9.17) is 0 Å². The van der Waals surface area contributed by atoms with E-state index in [-0.39, 0.29) is 18.1 Å². The maximum absolute atomic E-state index is 11.8. The van der Waals surface area contributed by atoms with Crippen LogP contribution in [0.4, 0.5) is 4.79 Å². The number of piperidine rings is 1. The number of hydrogen-bond donors (Lipinski definition) is 3. The van der Waals surface area contributed by atoms with Crippen molar-refractivity contribution in [3.63, 3.8) is 0 Å². The average Bonchev–Trinajstić information content (AvgIpc) is 2.62. The van der Waals surface area contributed by atoms with Crippen molar-refractivity contribution in [3.05, 3.63) is 35.4 Å². The second-order valence-corrected chi connectivity index (χ2v) is 7.36. The molecule has 1 aliphatic heterocycles. The lowest BCUT2D eigenvalue weighted by Gasteiger charge is -2.26. The lowest BCUT2D eigenvalue weighted by Crippen LogP contribution is -2.37. The molecule has 1 unspecified atom stereocenters. The van der Waals surface area contributed by atoms with Crippen molar-refractivity contribution in [1.82, 2.24) is 15.5 Å². The van der Waals surface area contributed by atoms with Gasteiger partial charge in [-0.05, 0) is 49.4 Å². The van der Waals surface area contributed by atoms with Gasteiger partial charge in [-0.25, -0.2) is 4.79 Å². The number of aliphatic hydroxyl groups is 1. The standard InChI is InChI=1S/C20H33N3O2/c1-16(2)19(24)10-11-21-20(25)22-14-17-6-8-18(9-7-17)15-23-12-4-3-5-13-23/h6-9,16,19,24H,3-5,10-15H2,1-2H3,(H2,21,22,25). The summed E-state index contributed by atoms with van der Waals surface area (Å²) in [6.45, 7) is 8.37. The van der Waals surface area contributed by atoms with Gasteiger partial charge < -0.3 is 15.7 Å². The molecule has 5 heteroatoms. The van der Waals surface area contributed by atoms with Crippen molar-refractivity contribution in [1.29, 1.82) is 0 Å². The first-order valence-electron chi connectivity index (χ1n) is 9.54. The number of rotatable bonds is 8. The van der Waals surface area contributed by atoms with Crippen LogP contribution in [0.3, 0.4) is 0 Å². The number of benzene rings is 1. The van der Waals surface area contributed by atoms with Crippen LogP contribution in [-0.4, -0.2) is 41.8 Å². The molecule has 0 aromatic heterocycles. The molecule has 1 saturated heterocycles. The maximum atomic E-state index is 11.8. The Morgan fingerprint density at radius 3 is 2.36 bits per heavy atom. The molecule has 1 heterocycles. The van der Waals surface area contributed by atoms with Crippen LogP contribution in [-0.2, 0) is 13.1 Å². The zero-order chi connectivity index (χ0) is 18.1. The molecule has 1 aliphatic rings. The summed E-state index contributed by atoms with van der Waals surface area (Å²) in [6.07, 6.45) is 4.19. The Morgan fingerprint density at radius 2 is 1.72 bits per heavy atom. The van der Waals surface area contributed by atoms with Crippen molar-refractivity contribution in [2.24, 2.45) is 5.92 Å². The molecule has 2 amide bonds. The fourth-order valence-electron chi connectivity index (χ4n) is 3.05. The lowest BCUT2D eigenvalue weighted by molar-refractivity contribution is 0.116. The van der Waals surface area contributed by atoms with Gasteiger partial charge in [-0.15, -0.1) is 0 Å². The van der Waals surface area contributed by atoms with E-state index in [0.29, 0.717) is 19.5 Å². The molecule has 3 N–H and O–H groups in total. The number of aliphatic hydroxyl groups excluding tert-OH is 1. The van der Waals surface area contributed by atoms with Crippen LogP contribution in [0.2, 0.25) is 0 Å². The van der Waals surface area contributed by atoms with Crippen LogP contribution < -0.4 is 10.6 Å². The van der Waals surface area contributed by atoms with Crippen molar-refractivity contribution in [2.75, 3.05) is 19.6 Å². The quantitative estimate of drug-likeness (QED) is 0.677. The topological polar surface area (TPSA) is 64.6 Å². The summed E-state index contributed by atoms with van der Waals surface area (Å²) in [5, 5.41) is 15.4. The average molecular weight is 348 g/mol. The van der Waals surface area contributed by atoms with Crippen molar-refractivity contribution in [2.45, 2.75) is 58.7 Å². The summed E-state index contributed by atoms with van der Waals surface area (Å²) in [5.74, 6) is 0.216. The molecule has 2 rings (SSSR count). The number of urea groups is 1. The monoisotopic (exact) mass is 347 g/mol. The number of hydrogen-bond acceptors (Lipinski definition) is 3. The first-order chi connectivity index (χ1) is 12.0. The Morgan fingerprint density at radius 1 is 1.08 bits per heavy atom. The van der Waals surface area contributed by atoms with E-state index in [2.05, 4.69) is 39.8 Å². The van der Waals surface area contributed by atoms with E-state index in [9.17, 15) is 9.90 Å². The Bertz CT molecular complexity index is 510. The Labute approximate surface area is 151 Å². The van der Waals surface area contributed by atoms with E-state index in [1.165, 1.54) is 37.9 Å². The zero-order valence-corrected chi connectivity index (χ0v) is 15.6. The minimum Gasteiger partial charge on any atom is -0.393 e. The molecule has 0 radical (unpaired) electrons. The van der Waals surface area contributed by atoms with Gasteiger partial charge >= 0.3 is 6.03 Å². The van der Waals surface area contributed by atoms with Crippen LogP contribution >= 0.6 is 0 Å². The van der Waals surface area contributed by atoms with E-state index in [0.717, 1.165) is 12.1 Å². The second-order valence-electron chi connectivity index (χ2n) is 7.36. The van der Waals surface area contributed by atoms with E-state index in [1.54, 1.807) is 0 Å². The van der Waals surface area contributed by atoms with Crippen LogP contribution in [0.25, 0.3) is 0 Å². The predicted molar refractivity (Wildman–Crippen MR) is 101 cm³/mol.